The smallest absolute Gasteiger partial charge is 0.338 e. The fraction of sp³-hybridized carbons (Fsp3) is 0.610. The van der Waals surface area contributed by atoms with Crippen molar-refractivity contribution >= 4 is 35.8 Å². The van der Waals surface area contributed by atoms with Gasteiger partial charge in [-0.3, -0.25) is 0 Å². The first-order valence-corrected chi connectivity index (χ1v) is 19.7. The number of carbonyl (C=O) groups is 6. The lowest BCUT2D eigenvalue weighted by Gasteiger charge is -2.37. The van der Waals surface area contributed by atoms with Gasteiger partial charge in [-0.15, -0.1) is 0 Å². The Balaban J connectivity index is 7.14. The molecule has 0 aromatic heterocycles. The largest absolute Gasteiger partial charge is 0.461 e. The zero-order valence-corrected chi connectivity index (χ0v) is 36.0. The number of aliphatic hydroxyl groups excluding tert-OH is 6. The molecule has 0 aliphatic heterocycles. The maximum Gasteiger partial charge on any atom is 0.338 e. The van der Waals surface area contributed by atoms with Crippen molar-refractivity contribution in [1.82, 2.24) is 0 Å². The van der Waals surface area contributed by atoms with Crippen molar-refractivity contribution in [2.45, 2.75) is 89.6 Å². The lowest BCUT2D eigenvalue weighted by molar-refractivity contribution is -0.217. The second-order valence-corrected chi connectivity index (χ2v) is 13.0. The van der Waals surface area contributed by atoms with Crippen LogP contribution in [0.5, 0.6) is 0 Å². The van der Waals surface area contributed by atoms with E-state index in [9.17, 15) is 59.4 Å². The van der Waals surface area contributed by atoms with Gasteiger partial charge in [0.25, 0.3) is 0 Å². The first-order chi connectivity index (χ1) is 30.0. The molecule has 0 rings (SSSR count). The Morgan fingerprint density at radius 1 is 0.381 bits per heavy atom. The minimum atomic E-state index is -2.11. The molecule has 0 aromatic rings. The summed E-state index contributed by atoms with van der Waals surface area (Å²) in [6.07, 6.45) is -3.20. The average Bonchev–Trinajstić information content (AvgIpc) is 3.24. The lowest BCUT2D eigenvalue weighted by atomic mass is 10.0. The SMILES string of the molecule is CC=CC(=O)OCC(O)COC(=O)[C@H](OCC(O)COC(=O)C=CC)[C@@H](OCC(O)COC(=O)C=CC)[C@H](OCC(O)COC(=O)C=CC)[C@@H](CO)OCC(O)COC(=O)C=CC. The van der Waals surface area contributed by atoms with E-state index in [4.69, 9.17) is 47.4 Å². The van der Waals surface area contributed by atoms with Crippen LogP contribution in [-0.2, 0) is 76.1 Å². The fourth-order valence-corrected chi connectivity index (χ4v) is 4.52. The van der Waals surface area contributed by atoms with Crippen LogP contribution in [0.15, 0.2) is 60.8 Å². The van der Waals surface area contributed by atoms with Gasteiger partial charge in [-0.05, 0) is 34.6 Å². The third-order valence-corrected chi connectivity index (χ3v) is 7.36. The Hall–Kier alpha value is -4.88. The highest BCUT2D eigenvalue weighted by Gasteiger charge is 2.44. The molecule has 63 heavy (non-hydrogen) atoms. The van der Waals surface area contributed by atoms with Crippen LogP contribution in [0.3, 0.4) is 0 Å². The summed E-state index contributed by atoms with van der Waals surface area (Å²) in [5, 5.41) is 63.8. The molecule has 0 aliphatic rings. The lowest BCUT2D eigenvalue weighted by Crippen LogP contribution is -2.55. The van der Waals surface area contributed by atoms with E-state index in [1.54, 1.807) is 34.6 Å². The summed E-state index contributed by atoms with van der Waals surface area (Å²) < 4.78 is 53.3. The second-order valence-electron chi connectivity index (χ2n) is 13.0. The Kier molecular flexibility index (Phi) is 32.8. The van der Waals surface area contributed by atoms with E-state index in [1.165, 1.54) is 30.4 Å². The molecule has 0 radical (unpaired) electrons. The van der Waals surface area contributed by atoms with Gasteiger partial charge in [0.1, 0.15) is 88.5 Å². The summed E-state index contributed by atoms with van der Waals surface area (Å²) in [5.41, 5.74) is 0. The second kappa shape index (κ2) is 35.6. The van der Waals surface area contributed by atoms with Gasteiger partial charge in [0, 0.05) is 30.4 Å². The van der Waals surface area contributed by atoms with E-state index < -0.39 is 163 Å². The van der Waals surface area contributed by atoms with E-state index in [-0.39, 0.29) is 0 Å². The molecule has 0 saturated carbocycles. The normalized spacial score (nSPS) is 16.3. The highest BCUT2D eigenvalue weighted by Crippen LogP contribution is 2.22. The fourth-order valence-electron chi connectivity index (χ4n) is 4.52. The van der Waals surface area contributed by atoms with Crippen LogP contribution in [0, 0.1) is 0 Å². The first kappa shape index (κ1) is 58.1. The van der Waals surface area contributed by atoms with Crippen molar-refractivity contribution in [3.63, 3.8) is 0 Å². The molecule has 0 aromatic carbocycles. The summed E-state index contributed by atoms with van der Waals surface area (Å²) in [7, 11) is 0. The molecule has 0 aliphatic carbocycles. The van der Waals surface area contributed by atoms with Crippen LogP contribution >= 0.6 is 0 Å². The third-order valence-electron chi connectivity index (χ3n) is 7.36. The first-order valence-electron chi connectivity index (χ1n) is 19.7. The van der Waals surface area contributed by atoms with Crippen molar-refractivity contribution in [3.05, 3.63) is 60.8 Å². The van der Waals surface area contributed by atoms with Crippen molar-refractivity contribution < 1.29 is 107 Å². The number of esters is 6. The number of rotatable bonds is 34. The molecule has 0 spiro atoms. The third kappa shape index (κ3) is 28.4. The quantitative estimate of drug-likeness (QED) is 0.0242. The zero-order valence-electron chi connectivity index (χ0n) is 36.0. The Morgan fingerprint density at radius 3 is 0.968 bits per heavy atom. The molecule has 0 heterocycles. The number of hydrogen-bond donors (Lipinski definition) is 6. The standard InChI is InChI=1S/C41H62O22/c1-6-11-33(48)55-18-27(43)17-54-32(16-42)38(60-23-28(44)19-56-34(49)12-7-2)39(61-24-29(45)20-57-35(50)13-8-3)40(62-25-30(46)21-58-36(51)14-9-4)41(53)63-26-31(47)22-59-37(52)15-10-5/h6-15,27-32,38-40,42-47H,16-26H2,1-5H3/t27?,28?,29?,30?,31?,32-,38-,39+,40-/m1/s1. The molecule has 358 valence electrons. The average molecular weight is 907 g/mol. The van der Waals surface area contributed by atoms with Crippen LogP contribution in [0.2, 0.25) is 0 Å². The van der Waals surface area contributed by atoms with Crippen LogP contribution in [0.4, 0.5) is 0 Å². The summed E-state index contributed by atoms with van der Waals surface area (Å²) in [4.78, 5) is 73.3. The Morgan fingerprint density at radius 2 is 0.651 bits per heavy atom. The number of aliphatic hydroxyl groups is 6. The van der Waals surface area contributed by atoms with Gasteiger partial charge < -0.3 is 78.0 Å². The molecule has 0 amide bonds. The number of carbonyl (C=O) groups excluding carboxylic acids is 6. The predicted octanol–water partition coefficient (Wildman–Crippen LogP) is -1.54. The molecule has 5 unspecified atom stereocenters. The molecule has 0 bridgehead atoms. The number of hydrogen-bond acceptors (Lipinski definition) is 22. The molecular formula is C41H62O22. The summed E-state index contributed by atoms with van der Waals surface area (Å²) >= 11 is 0. The number of ether oxygens (including phenoxy) is 10. The topological polar surface area (TPSA) is 316 Å². The van der Waals surface area contributed by atoms with Crippen molar-refractivity contribution in [3.8, 4) is 0 Å². The molecule has 0 saturated heterocycles. The van der Waals surface area contributed by atoms with Crippen LogP contribution < -0.4 is 0 Å². The van der Waals surface area contributed by atoms with Gasteiger partial charge >= 0.3 is 35.8 Å². The molecular weight excluding hydrogens is 844 g/mol. The van der Waals surface area contributed by atoms with Gasteiger partial charge in [-0.1, -0.05) is 30.4 Å². The summed E-state index contributed by atoms with van der Waals surface area (Å²) in [6, 6.07) is 0. The summed E-state index contributed by atoms with van der Waals surface area (Å²) in [6.45, 7) is -0.257. The van der Waals surface area contributed by atoms with E-state index >= 15 is 0 Å². The maximum atomic E-state index is 13.9. The van der Waals surface area contributed by atoms with E-state index in [0.29, 0.717) is 0 Å². The Bertz CT molecular complexity index is 1490. The van der Waals surface area contributed by atoms with Crippen LogP contribution in [-0.4, -0.2) is 194 Å². The minimum Gasteiger partial charge on any atom is -0.461 e. The molecule has 6 N–H and O–H groups in total. The molecule has 22 heteroatoms. The van der Waals surface area contributed by atoms with Crippen LogP contribution in [0.1, 0.15) is 34.6 Å². The van der Waals surface area contributed by atoms with Crippen molar-refractivity contribution in [1.29, 1.82) is 0 Å². The molecule has 9 atom stereocenters. The van der Waals surface area contributed by atoms with Gasteiger partial charge in [0.05, 0.1) is 33.0 Å². The van der Waals surface area contributed by atoms with E-state index in [2.05, 4.69) is 0 Å². The predicted molar refractivity (Wildman–Crippen MR) is 216 cm³/mol. The van der Waals surface area contributed by atoms with Crippen molar-refractivity contribution in [2.24, 2.45) is 0 Å². The monoisotopic (exact) mass is 906 g/mol. The van der Waals surface area contributed by atoms with Gasteiger partial charge in [0.15, 0.2) is 6.10 Å². The van der Waals surface area contributed by atoms with Gasteiger partial charge in [0.2, 0.25) is 0 Å². The summed E-state index contributed by atoms with van der Waals surface area (Å²) in [5.74, 6) is -5.44. The maximum absolute atomic E-state index is 13.9. The molecule has 22 nitrogen and oxygen atoms in total. The minimum absolute atomic E-state index is 0.581. The number of allylic oxidation sites excluding steroid dienone is 5. The van der Waals surface area contributed by atoms with E-state index in [0.717, 1.165) is 30.4 Å². The van der Waals surface area contributed by atoms with Gasteiger partial charge in [-0.25, -0.2) is 28.8 Å². The zero-order chi connectivity index (χ0) is 47.6. The Labute approximate surface area is 365 Å². The molecule has 0 fully saturated rings. The van der Waals surface area contributed by atoms with Crippen molar-refractivity contribution in [2.75, 3.05) is 72.7 Å². The van der Waals surface area contributed by atoms with Crippen LogP contribution in [0.25, 0.3) is 0 Å². The highest BCUT2D eigenvalue weighted by molar-refractivity contribution is 5.83. The van der Waals surface area contributed by atoms with Gasteiger partial charge in [-0.2, -0.15) is 0 Å². The van der Waals surface area contributed by atoms with E-state index in [1.807, 2.05) is 0 Å². The highest BCUT2D eigenvalue weighted by atomic mass is 16.6.